The summed E-state index contributed by atoms with van der Waals surface area (Å²) in [6, 6.07) is 7.94. The molecule has 0 aliphatic rings. The van der Waals surface area contributed by atoms with E-state index in [1.165, 1.54) is 5.56 Å². The standard InChI is InChI=1S/C12H18N2O2/c1-16-11-6-4-10(5-7-11)3-2-8-14-12(15)9-13/h4-7H,2-3,8-9,13H2,1H3,(H,14,15). The maximum atomic E-state index is 10.9. The molecule has 0 saturated heterocycles. The number of rotatable bonds is 6. The number of methoxy groups -OCH3 is 1. The van der Waals surface area contributed by atoms with Crippen molar-refractivity contribution in [1.29, 1.82) is 0 Å². The molecular weight excluding hydrogens is 204 g/mol. The predicted octanol–water partition coefficient (Wildman–Crippen LogP) is 0.703. The van der Waals surface area contributed by atoms with Crippen molar-refractivity contribution in [2.75, 3.05) is 20.2 Å². The van der Waals surface area contributed by atoms with E-state index in [2.05, 4.69) is 5.32 Å². The second-order valence-corrected chi connectivity index (χ2v) is 3.51. The van der Waals surface area contributed by atoms with Gasteiger partial charge >= 0.3 is 0 Å². The Labute approximate surface area is 95.8 Å². The number of carbonyl (C=O) groups excluding carboxylic acids is 1. The fourth-order valence-electron chi connectivity index (χ4n) is 1.38. The summed E-state index contributed by atoms with van der Waals surface area (Å²) in [5.74, 6) is 0.759. The molecule has 3 N–H and O–H groups in total. The number of hydrogen-bond acceptors (Lipinski definition) is 3. The highest BCUT2D eigenvalue weighted by Crippen LogP contribution is 2.12. The Kier molecular flexibility index (Phi) is 5.36. The van der Waals surface area contributed by atoms with E-state index in [0.717, 1.165) is 18.6 Å². The van der Waals surface area contributed by atoms with Crippen LogP contribution in [-0.2, 0) is 11.2 Å². The average molecular weight is 222 g/mol. The Bertz CT molecular complexity index is 322. The molecule has 1 aromatic rings. The van der Waals surface area contributed by atoms with Gasteiger partial charge in [-0.2, -0.15) is 0 Å². The molecule has 0 heterocycles. The van der Waals surface area contributed by atoms with Crippen molar-refractivity contribution in [3.8, 4) is 5.75 Å². The summed E-state index contributed by atoms with van der Waals surface area (Å²) in [7, 11) is 1.65. The minimum atomic E-state index is -0.102. The van der Waals surface area contributed by atoms with Gasteiger partial charge in [0.1, 0.15) is 5.75 Å². The fourth-order valence-corrected chi connectivity index (χ4v) is 1.38. The van der Waals surface area contributed by atoms with Crippen LogP contribution in [0.5, 0.6) is 5.75 Å². The Morgan fingerprint density at radius 3 is 2.62 bits per heavy atom. The molecule has 0 aliphatic carbocycles. The van der Waals surface area contributed by atoms with Crippen molar-refractivity contribution in [3.63, 3.8) is 0 Å². The molecule has 0 spiro atoms. The molecule has 0 fully saturated rings. The molecule has 0 bridgehead atoms. The molecular formula is C12H18N2O2. The zero-order chi connectivity index (χ0) is 11.8. The Morgan fingerprint density at radius 2 is 2.06 bits per heavy atom. The van der Waals surface area contributed by atoms with Gasteiger partial charge in [0.15, 0.2) is 0 Å². The number of carbonyl (C=O) groups is 1. The van der Waals surface area contributed by atoms with Crippen LogP contribution in [0.25, 0.3) is 0 Å². The smallest absolute Gasteiger partial charge is 0.233 e. The zero-order valence-electron chi connectivity index (χ0n) is 9.53. The number of nitrogens with one attached hydrogen (secondary N) is 1. The van der Waals surface area contributed by atoms with Gasteiger partial charge in [0.2, 0.25) is 5.91 Å². The van der Waals surface area contributed by atoms with Crippen LogP contribution < -0.4 is 15.8 Å². The lowest BCUT2D eigenvalue weighted by Crippen LogP contribution is -2.31. The van der Waals surface area contributed by atoms with Crippen LogP contribution in [0.3, 0.4) is 0 Å². The number of nitrogens with two attached hydrogens (primary N) is 1. The maximum Gasteiger partial charge on any atom is 0.233 e. The summed E-state index contributed by atoms with van der Waals surface area (Å²) >= 11 is 0. The van der Waals surface area contributed by atoms with Crippen molar-refractivity contribution in [3.05, 3.63) is 29.8 Å². The van der Waals surface area contributed by atoms with E-state index in [4.69, 9.17) is 10.5 Å². The van der Waals surface area contributed by atoms with Crippen molar-refractivity contribution in [2.24, 2.45) is 5.73 Å². The van der Waals surface area contributed by atoms with Crippen molar-refractivity contribution < 1.29 is 9.53 Å². The summed E-state index contributed by atoms with van der Waals surface area (Å²) in [5, 5.41) is 2.74. The van der Waals surface area contributed by atoms with Gasteiger partial charge in [0, 0.05) is 6.54 Å². The van der Waals surface area contributed by atoms with Gasteiger partial charge in [-0.3, -0.25) is 4.79 Å². The molecule has 0 aromatic heterocycles. The van der Waals surface area contributed by atoms with Crippen LogP contribution in [0.1, 0.15) is 12.0 Å². The summed E-state index contributed by atoms with van der Waals surface area (Å²) in [6.07, 6.45) is 1.85. The summed E-state index contributed by atoms with van der Waals surface area (Å²) in [6.45, 7) is 0.727. The normalized spacial score (nSPS) is 9.88. The third-order valence-corrected chi connectivity index (χ3v) is 2.31. The van der Waals surface area contributed by atoms with E-state index < -0.39 is 0 Å². The van der Waals surface area contributed by atoms with E-state index in [1.807, 2.05) is 24.3 Å². The Morgan fingerprint density at radius 1 is 1.38 bits per heavy atom. The van der Waals surface area contributed by atoms with Crippen LogP contribution in [0.4, 0.5) is 0 Å². The van der Waals surface area contributed by atoms with Gasteiger partial charge in [0.25, 0.3) is 0 Å². The number of amides is 1. The minimum Gasteiger partial charge on any atom is -0.497 e. The first kappa shape index (κ1) is 12.5. The van der Waals surface area contributed by atoms with Crippen LogP contribution in [0.15, 0.2) is 24.3 Å². The fraction of sp³-hybridized carbons (Fsp3) is 0.417. The second-order valence-electron chi connectivity index (χ2n) is 3.51. The van der Waals surface area contributed by atoms with Crippen LogP contribution in [-0.4, -0.2) is 26.1 Å². The molecule has 0 aliphatic heterocycles. The highest BCUT2D eigenvalue weighted by atomic mass is 16.5. The topological polar surface area (TPSA) is 64.3 Å². The largest absolute Gasteiger partial charge is 0.497 e. The molecule has 4 heteroatoms. The third-order valence-electron chi connectivity index (χ3n) is 2.31. The number of benzene rings is 1. The van der Waals surface area contributed by atoms with E-state index in [0.29, 0.717) is 6.54 Å². The number of hydrogen-bond donors (Lipinski definition) is 2. The van der Waals surface area contributed by atoms with E-state index >= 15 is 0 Å². The molecule has 88 valence electrons. The monoisotopic (exact) mass is 222 g/mol. The van der Waals surface area contributed by atoms with Crippen LogP contribution in [0.2, 0.25) is 0 Å². The summed E-state index contributed by atoms with van der Waals surface area (Å²) < 4.78 is 5.07. The zero-order valence-corrected chi connectivity index (χ0v) is 9.53. The first-order chi connectivity index (χ1) is 7.76. The van der Waals surface area contributed by atoms with E-state index in [-0.39, 0.29) is 12.5 Å². The number of ether oxygens (including phenoxy) is 1. The predicted molar refractivity (Wildman–Crippen MR) is 63.4 cm³/mol. The molecule has 16 heavy (non-hydrogen) atoms. The maximum absolute atomic E-state index is 10.9. The molecule has 1 aromatic carbocycles. The first-order valence-electron chi connectivity index (χ1n) is 5.36. The lowest BCUT2D eigenvalue weighted by atomic mass is 10.1. The van der Waals surface area contributed by atoms with Crippen LogP contribution in [0, 0.1) is 0 Å². The number of aryl methyl sites for hydroxylation is 1. The SMILES string of the molecule is COc1ccc(CCCNC(=O)CN)cc1. The van der Waals surface area contributed by atoms with Gasteiger partial charge in [-0.1, -0.05) is 12.1 Å². The average Bonchev–Trinajstić information content (AvgIpc) is 2.35. The molecule has 1 rings (SSSR count). The van der Waals surface area contributed by atoms with Gasteiger partial charge < -0.3 is 15.8 Å². The van der Waals surface area contributed by atoms with E-state index in [1.54, 1.807) is 7.11 Å². The summed E-state index contributed by atoms with van der Waals surface area (Å²) in [4.78, 5) is 10.9. The molecule has 0 saturated carbocycles. The van der Waals surface area contributed by atoms with Crippen molar-refractivity contribution >= 4 is 5.91 Å². The molecule has 0 atom stereocenters. The minimum absolute atomic E-state index is 0.0581. The lowest BCUT2D eigenvalue weighted by molar-refractivity contribution is -0.119. The quantitative estimate of drug-likeness (QED) is 0.696. The van der Waals surface area contributed by atoms with Gasteiger partial charge in [-0.15, -0.1) is 0 Å². The van der Waals surface area contributed by atoms with Crippen molar-refractivity contribution in [1.82, 2.24) is 5.32 Å². The molecule has 1 amide bonds. The van der Waals surface area contributed by atoms with Gasteiger partial charge in [0.05, 0.1) is 13.7 Å². The van der Waals surface area contributed by atoms with Gasteiger partial charge in [-0.25, -0.2) is 0 Å². The Hall–Kier alpha value is -1.55. The highest BCUT2D eigenvalue weighted by Gasteiger charge is 1.97. The van der Waals surface area contributed by atoms with Crippen LogP contribution >= 0.6 is 0 Å². The molecule has 4 nitrogen and oxygen atoms in total. The van der Waals surface area contributed by atoms with Crippen molar-refractivity contribution in [2.45, 2.75) is 12.8 Å². The first-order valence-corrected chi connectivity index (χ1v) is 5.36. The summed E-state index contributed by atoms with van der Waals surface area (Å²) in [5.41, 5.74) is 6.41. The van der Waals surface area contributed by atoms with E-state index in [9.17, 15) is 4.79 Å². The van der Waals surface area contributed by atoms with Gasteiger partial charge in [-0.05, 0) is 30.5 Å². The molecule has 0 radical (unpaired) electrons. The highest BCUT2D eigenvalue weighted by molar-refractivity contribution is 5.77. The lowest BCUT2D eigenvalue weighted by Gasteiger charge is -2.04. The third kappa shape index (κ3) is 4.31. The second kappa shape index (κ2) is 6.85. The molecule has 0 unspecified atom stereocenters. The Balaban J connectivity index is 2.24.